The predicted octanol–water partition coefficient (Wildman–Crippen LogP) is 2.50. The Bertz CT molecular complexity index is 349. The Kier molecular flexibility index (Phi) is 3.99. The molecule has 0 saturated carbocycles. The highest BCUT2D eigenvalue weighted by molar-refractivity contribution is 7.12. The van der Waals surface area contributed by atoms with E-state index in [4.69, 9.17) is 16.3 Å². The van der Waals surface area contributed by atoms with Crippen LogP contribution in [0.3, 0.4) is 0 Å². The lowest BCUT2D eigenvalue weighted by Crippen LogP contribution is -2.44. The summed E-state index contributed by atoms with van der Waals surface area (Å²) in [5.41, 5.74) is -0.393. The summed E-state index contributed by atoms with van der Waals surface area (Å²) in [6.07, 6.45) is 0. The largest absolute Gasteiger partial charge is 0.496 e. The van der Waals surface area contributed by atoms with Gasteiger partial charge in [-0.3, -0.25) is 4.79 Å². The van der Waals surface area contributed by atoms with Gasteiger partial charge in [0.05, 0.1) is 12.0 Å². The quantitative estimate of drug-likeness (QED) is 0.831. The maximum atomic E-state index is 11.7. The number of thiophene rings is 1. The van der Waals surface area contributed by atoms with Crippen LogP contribution < -0.4 is 10.1 Å². The molecule has 0 bridgehead atoms. The first-order valence-corrected chi connectivity index (χ1v) is 5.91. The zero-order chi connectivity index (χ0) is 11.5. The summed E-state index contributed by atoms with van der Waals surface area (Å²) in [4.78, 5) is 12.4. The number of hydrogen-bond donors (Lipinski definition) is 1. The molecule has 1 aromatic rings. The summed E-state index contributed by atoms with van der Waals surface area (Å²) in [7, 11) is 1.58. The van der Waals surface area contributed by atoms with E-state index in [9.17, 15) is 4.79 Å². The van der Waals surface area contributed by atoms with Gasteiger partial charge in [-0.1, -0.05) is 0 Å². The van der Waals surface area contributed by atoms with Gasteiger partial charge in [0.25, 0.3) is 5.91 Å². The molecule has 0 radical (unpaired) electrons. The molecule has 0 aliphatic carbocycles. The van der Waals surface area contributed by atoms with Crippen LogP contribution in [-0.4, -0.2) is 24.4 Å². The first-order chi connectivity index (χ1) is 6.98. The molecular formula is C10H14ClNO2S. The molecule has 84 valence electrons. The first-order valence-electron chi connectivity index (χ1n) is 4.49. The molecule has 0 atom stereocenters. The van der Waals surface area contributed by atoms with E-state index in [-0.39, 0.29) is 5.91 Å². The normalized spacial score (nSPS) is 11.2. The SMILES string of the molecule is COc1csc(C(=O)NC(C)(C)CCl)c1. The molecule has 0 aromatic carbocycles. The second kappa shape index (κ2) is 4.86. The fourth-order valence-electron chi connectivity index (χ4n) is 0.947. The molecule has 1 N–H and O–H groups in total. The van der Waals surface area contributed by atoms with Gasteiger partial charge in [-0.2, -0.15) is 0 Å². The Hall–Kier alpha value is -0.740. The van der Waals surface area contributed by atoms with E-state index in [1.165, 1.54) is 11.3 Å². The first kappa shape index (κ1) is 12.3. The van der Waals surface area contributed by atoms with Crippen LogP contribution in [0.1, 0.15) is 23.5 Å². The lowest BCUT2D eigenvalue weighted by atomic mass is 10.1. The van der Waals surface area contributed by atoms with Gasteiger partial charge in [0.15, 0.2) is 0 Å². The minimum Gasteiger partial charge on any atom is -0.496 e. The topological polar surface area (TPSA) is 38.3 Å². The lowest BCUT2D eigenvalue weighted by Gasteiger charge is -2.22. The fourth-order valence-corrected chi connectivity index (χ4v) is 1.76. The minimum atomic E-state index is -0.393. The van der Waals surface area contributed by atoms with Crippen LogP contribution in [0.4, 0.5) is 0 Å². The molecule has 0 unspecified atom stereocenters. The van der Waals surface area contributed by atoms with Crippen molar-refractivity contribution >= 4 is 28.8 Å². The van der Waals surface area contributed by atoms with Gasteiger partial charge in [0.2, 0.25) is 0 Å². The van der Waals surface area contributed by atoms with Crippen molar-refractivity contribution in [1.29, 1.82) is 0 Å². The fraction of sp³-hybridized carbons (Fsp3) is 0.500. The number of methoxy groups -OCH3 is 1. The highest BCUT2D eigenvalue weighted by Gasteiger charge is 2.20. The van der Waals surface area contributed by atoms with Crippen LogP contribution in [0.25, 0.3) is 0 Å². The second-order valence-electron chi connectivity index (χ2n) is 3.82. The zero-order valence-electron chi connectivity index (χ0n) is 8.96. The molecule has 1 amide bonds. The summed E-state index contributed by atoms with van der Waals surface area (Å²) in [6.45, 7) is 3.76. The van der Waals surface area contributed by atoms with E-state index in [0.717, 1.165) is 0 Å². The highest BCUT2D eigenvalue weighted by Crippen LogP contribution is 2.21. The van der Waals surface area contributed by atoms with Gasteiger partial charge >= 0.3 is 0 Å². The van der Waals surface area contributed by atoms with Gasteiger partial charge in [-0.05, 0) is 13.8 Å². The maximum Gasteiger partial charge on any atom is 0.261 e. The highest BCUT2D eigenvalue weighted by atomic mass is 35.5. The summed E-state index contributed by atoms with van der Waals surface area (Å²) in [5.74, 6) is 0.962. The number of carbonyl (C=O) groups is 1. The minimum absolute atomic E-state index is 0.117. The molecule has 3 nitrogen and oxygen atoms in total. The van der Waals surface area contributed by atoms with Gasteiger partial charge in [-0.15, -0.1) is 22.9 Å². The van der Waals surface area contributed by atoms with Crippen LogP contribution in [0.5, 0.6) is 5.75 Å². The standard InChI is InChI=1S/C10H14ClNO2S/c1-10(2,6-11)12-9(13)8-4-7(14-3)5-15-8/h4-5H,6H2,1-3H3,(H,12,13). The van der Waals surface area contributed by atoms with E-state index < -0.39 is 5.54 Å². The van der Waals surface area contributed by atoms with Gasteiger partial charge in [-0.25, -0.2) is 0 Å². The van der Waals surface area contributed by atoms with Crippen molar-refractivity contribution in [3.8, 4) is 5.75 Å². The Labute approximate surface area is 98.4 Å². The maximum absolute atomic E-state index is 11.7. The van der Waals surface area contributed by atoms with Crippen molar-refractivity contribution in [3.05, 3.63) is 16.3 Å². The van der Waals surface area contributed by atoms with Gasteiger partial charge in [0, 0.05) is 22.9 Å². The van der Waals surface area contributed by atoms with Crippen molar-refractivity contribution in [1.82, 2.24) is 5.32 Å². The molecule has 0 aliphatic heterocycles. The number of rotatable bonds is 4. The molecule has 0 saturated heterocycles. The molecule has 1 aromatic heterocycles. The summed E-state index contributed by atoms with van der Waals surface area (Å²) in [6, 6.07) is 1.71. The van der Waals surface area contributed by atoms with Gasteiger partial charge in [0.1, 0.15) is 5.75 Å². The van der Waals surface area contributed by atoms with Crippen molar-refractivity contribution in [2.45, 2.75) is 19.4 Å². The Morgan fingerprint density at radius 2 is 2.33 bits per heavy atom. The second-order valence-corrected chi connectivity index (χ2v) is 5.00. The van der Waals surface area contributed by atoms with Crippen LogP contribution in [0, 0.1) is 0 Å². The third-order valence-electron chi connectivity index (χ3n) is 1.82. The lowest BCUT2D eigenvalue weighted by molar-refractivity contribution is 0.0924. The number of carbonyl (C=O) groups excluding carboxylic acids is 1. The molecule has 0 fully saturated rings. The molecule has 5 heteroatoms. The van der Waals surface area contributed by atoms with Crippen LogP contribution in [0.2, 0.25) is 0 Å². The van der Waals surface area contributed by atoms with Crippen LogP contribution in [0.15, 0.2) is 11.4 Å². The third kappa shape index (κ3) is 3.39. The van der Waals surface area contributed by atoms with Crippen molar-refractivity contribution in [3.63, 3.8) is 0 Å². The van der Waals surface area contributed by atoms with Crippen LogP contribution in [-0.2, 0) is 0 Å². The number of hydrogen-bond acceptors (Lipinski definition) is 3. The van der Waals surface area contributed by atoms with Crippen molar-refractivity contribution in [2.24, 2.45) is 0 Å². The smallest absolute Gasteiger partial charge is 0.261 e. The Morgan fingerprint density at radius 3 is 2.80 bits per heavy atom. The summed E-state index contributed by atoms with van der Waals surface area (Å²) in [5, 5.41) is 4.64. The van der Waals surface area contributed by atoms with Gasteiger partial charge < -0.3 is 10.1 Å². The van der Waals surface area contributed by atoms with E-state index in [1.54, 1.807) is 18.6 Å². The monoisotopic (exact) mass is 247 g/mol. The molecule has 15 heavy (non-hydrogen) atoms. The number of alkyl halides is 1. The Balaban J connectivity index is 2.69. The number of ether oxygens (including phenoxy) is 1. The summed E-state index contributed by atoms with van der Waals surface area (Å²) >= 11 is 7.07. The van der Waals surface area contributed by atoms with Crippen molar-refractivity contribution < 1.29 is 9.53 Å². The Morgan fingerprint density at radius 1 is 1.67 bits per heavy atom. The molecular weight excluding hydrogens is 234 g/mol. The van der Waals surface area contributed by atoms with E-state index in [1.807, 2.05) is 13.8 Å². The third-order valence-corrected chi connectivity index (χ3v) is 3.40. The van der Waals surface area contributed by atoms with E-state index >= 15 is 0 Å². The number of amides is 1. The molecule has 1 heterocycles. The zero-order valence-corrected chi connectivity index (χ0v) is 10.5. The van der Waals surface area contributed by atoms with E-state index in [0.29, 0.717) is 16.5 Å². The average molecular weight is 248 g/mol. The van der Waals surface area contributed by atoms with E-state index in [2.05, 4.69) is 5.32 Å². The van der Waals surface area contributed by atoms with Crippen LogP contribution >= 0.6 is 22.9 Å². The molecule has 0 spiro atoms. The molecule has 0 aliphatic rings. The van der Waals surface area contributed by atoms with Crippen molar-refractivity contribution in [2.75, 3.05) is 13.0 Å². The number of halogens is 1. The predicted molar refractivity (Wildman–Crippen MR) is 63.1 cm³/mol. The average Bonchev–Trinajstić information content (AvgIpc) is 2.65. The molecule has 1 rings (SSSR count). The summed E-state index contributed by atoms with van der Waals surface area (Å²) < 4.78 is 5.01. The number of nitrogens with one attached hydrogen (secondary N) is 1.